The summed E-state index contributed by atoms with van der Waals surface area (Å²) in [5.74, 6) is -0.201. The molecule has 1 aromatic heterocycles. The highest BCUT2D eigenvalue weighted by Gasteiger charge is 2.31. The van der Waals surface area contributed by atoms with Gasteiger partial charge in [-0.3, -0.25) is 14.6 Å². The Hall–Kier alpha value is -2.47. The average Bonchev–Trinajstić information content (AvgIpc) is 2.63. The number of carbonyl (C=O) groups excluding carboxylic acids is 2. The van der Waals surface area contributed by atoms with E-state index in [2.05, 4.69) is 4.98 Å². The zero-order valence-corrected chi connectivity index (χ0v) is 16.0. The highest BCUT2D eigenvalue weighted by molar-refractivity contribution is 6.07. The van der Waals surface area contributed by atoms with Crippen LogP contribution in [0.15, 0.2) is 18.2 Å². The summed E-state index contributed by atoms with van der Waals surface area (Å²) in [4.78, 5) is 33.3. The van der Waals surface area contributed by atoms with E-state index < -0.39 is 6.10 Å². The first-order valence-electron chi connectivity index (χ1n) is 8.79. The minimum atomic E-state index is -0.610. The predicted octanol–water partition coefficient (Wildman–Crippen LogP) is 2.09. The molecule has 2 amide bonds. The number of aryl methyl sites for hydroxylation is 3. The van der Waals surface area contributed by atoms with Crippen molar-refractivity contribution in [2.45, 2.75) is 26.9 Å². The molecule has 0 spiro atoms. The fourth-order valence-electron chi connectivity index (χ4n) is 3.28. The van der Waals surface area contributed by atoms with Gasteiger partial charge in [0.2, 0.25) is 0 Å². The summed E-state index contributed by atoms with van der Waals surface area (Å²) in [6.07, 6.45) is -0.610. The average molecular weight is 355 g/mol. The van der Waals surface area contributed by atoms with Crippen molar-refractivity contribution < 1.29 is 14.3 Å². The third kappa shape index (κ3) is 3.29. The molecule has 26 heavy (non-hydrogen) atoms. The number of hydrogen-bond acceptors (Lipinski definition) is 4. The van der Waals surface area contributed by atoms with Gasteiger partial charge in [0.1, 0.15) is 0 Å². The first-order valence-corrected chi connectivity index (χ1v) is 8.79. The minimum absolute atomic E-state index is 0.0800. The van der Waals surface area contributed by atoms with Crippen molar-refractivity contribution >= 4 is 22.7 Å². The fraction of sp³-hybridized carbons (Fsp3) is 0.450. The summed E-state index contributed by atoms with van der Waals surface area (Å²) in [5, 5.41) is 0.852. The van der Waals surface area contributed by atoms with E-state index in [0.29, 0.717) is 18.7 Å². The van der Waals surface area contributed by atoms with Crippen LogP contribution in [0.1, 0.15) is 27.2 Å². The van der Waals surface area contributed by atoms with Crippen LogP contribution in [-0.2, 0) is 9.53 Å². The van der Waals surface area contributed by atoms with Crippen molar-refractivity contribution in [3.63, 3.8) is 0 Å². The van der Waals surface area contributed by atoms with Gasteiger partial charge in [0, 0.05) is 31.7 Å². The smallest absolute Gasteiger partial charge is 0.254 e. The molecule has 138 valence electrons. The second-order valence-electron chi connectivity index (χ2n) is 7.06. The van der Waals surface area contributed by atoms with Crippen molar-refractivity contribution in [1.29, 1.82) is 0 Å². The fourth-order valence-corrected chi connectivity index (χ4v) is 3.28. The summed E-state index contributed by atoms with van der Waals surface area (Å²) in [7, 11) is 3.38. The highest BCUT2D eigenvalue weighted by Crippen LogP contribution is 2.25. The molecule has 1 unspecified atom stereocenters. The molecule has 1 fully saturated rings. The molecule has 0 N–H and O–H groups in total. The van der Waals surface area contributed by atoms with Crippen LogP contribution in [0.3, 0.4) is 0 Å². The lowest BCUT2D eigenvalue weighted by Crippen LogP contribution is -2.51. The van der Waals surface area contributed by atoms with E-state index in [1.165, 1.54) is 4.90 Å². The van der Waals surface area contributed by atoms with Gasteiger partial charge in [-0.2, -0.15) is 0 Å². The summed E-state index contributed by atoms with van der Waals surface area (Å²) in [6.45, 7) is 7.07. The SMILES string of the molecule is Cc1cc(C(=O)N2CCOC(C(=O)N(C)C)C2)c2ccc(C)c(C)c2n1. The maximum atomic E-state index is 13.2. The van der Waals surface area contributed by atoms with Crippen LogP contribution in [0.4, 0.5) is 0 Å². The van der Waals surface area contributed by atoms with Crippen LogP contribution < -0.4 is 0 Å². The molecule has 2 heterocycles. The predicted molar refractivity (Wildman–Crippen MR) is 100 cm³/mol. The first kappa shape index (κ1) is 18.3. The molecule has 0 saturated carbocycles. The van der Waals surface area contributed by atoms with Gasteiger partial charge in [0.15, 0.2) is 6.10 Å². The summed E-state index contributed by atoms with van der Waals surface area (Å²) >= 11 is 0. The number of morpholine rings is 1. The Labute approximate surface area is 153 Å². The van der Waals surface area contributed by atoms with Crippen molar-refractivity contribution in [3.8, 4) is 0 Å². The molecular weight excluding hydrogens is 330 g/mol. The lowest BCUT2D eigenvalue weighted by Gasteiger charge is -2.33. The van der Waals surface area contributed by atoms with Crippen LogP contribution >= 0.6 is 0 Å². The molecule has 0 bridgehead atoms. The third-order valence-electron chi connectivity index (χ3n) is 4.93. The number of amides is 2. The van der Waals surface area contributed by atoms with Crippen molar-refractivity contribution in [1.82, 2.24) is 14.8 Å². The van der Waals surface area contributed by atoms with E-state index in [4.69, 9.17) is 4.74 Å². The Balaban J connectivity index is 1.97. The maximum absolute atomic E-state index is 13.2. The van der Waals surface area contributed by atoms with E-state index >= 15 is 0 Å². The van der Waals surface area contributed by atoms with Crippen LogP contribution in [0.5, 0.6) is 0 Å². The minimum Gasteiger partial charge on any atom is -0.365 e. The van der Waals surface area contributed by atoms with Crippen LogP contribution in [0.25, 0.3) is 10.9 Å². The number of nitrogens with zero attached hydrogens (tertiary/aromatic N) is 3. The number of aromatic nitrogens is 1. The third-order valence-corrected chi connectivity index (χ3v) is 4.93. The standard InChI is InChI=1S/C20H25N3O3/c1-12-6-7-15-16(10-13(2)21-18(15)14(12)3)19(24)23-8-9-26-17(11-23)20(25)22(4)5/h6-7,10,17H,8-9,11H2,1-5H3. The molecule has 1 aromatic carbocycles. The topological polar surface area (TPSA) is 62.7 Å². The summed E-state index contributed by atoms with van der Waals surface area (Å²) in [6, 6.07) is 5.81. The molecule has 6 nitrogen and oxygen atoms in total. The Kier molecular flexibility index (Phi) is 4.96. The number of ether oxygens (including phenoxy) is 1. The van der Waals surface area contributed by atoms with Gasteiger partial charge in [0.25, 0.3) is 11.8 Å². The summed E-state index contributed by atoms with van der Waals surface area (Å²) < 4.78 is 5.57. The van der Waals surface area contributed by atoms with Crippen molar-refractivity contribution in [3.05, 3.63) is 40.6 Å². The van der Waals surface area contributed by atoms with Crippen LogP contribution in [-0.4, -0.2) is 66.5 Å². The largest absolute Gasteiger partial charge is 0.365 e. The number of pyridine rings is 1. The molecule has 1 saturated heterocycles. The molecule has 0 radical (unpaired) electrons. The van der Waals surface area contributed by atoms with Crippen molar-refractivity contribution in [2.24, 2.45) is 0 Å². The van der Waals surface area contributed by atoms with Gasteiger partial charge in [-0.1, -0.05) is 12.1 Å². The second kappa shape index (κ2) is 7.03. The zero-order chi connectivity index (χ0) is 19.0. The van der Waals surface area contributed by atoms with E-state index in [0.717, 1.165) is 27.7 Å². The Morgan fingerprint density at radius 2 is 1.96 bits per heavy atom. The van der Waals surface area contributed by atoms with E-state index in [-0.39, 0.29) is 18.4 Å². The molecule has 3 rings (SSSR count). The number of benzene rings is 1. The number of likely N-dealkylation sites (N-methyl/N-ethyl adjacent to an activating group) is 1. The molecule has 1 atom stereocenters. The first-order chi connectivity index (χ1) is 12.3. The van der Waals surface area contributed by atoms with E-state index in [9.17, 15) is 9.59 Å². The van der Waals surface area contributed by atoms with Gasteiger partial charge >= 0.3 is 0 Å². The van der Waals surface area contributed by atoms with Gasteiger partial charge in [-0.15, -0.1) is 0 Å². The molecular formula is C20H25N3O3. The van der Waals surface area contributed by atoms with Gasteiger partial charge < -0.3 is 14.5 Å². The monoisotopic (exact) mass is 355 g/mol. The molecule has 1 aliphatic heterocycles. The Morgan fingerprint density at radius 3 is 2.65 bits per heavy atom. The van der Waals surface area contributed by atoms with Crippen LogP contribution in [0, 0.1) is 20.8 Å². The zero-order valence-electron chi connectivity index (χ0n) is 16.0. The number of hydrogen-bond donors (Lipinski definition) is 0. The van der Waals surface area contributed by atoms with Crippen molar-refractivity contribution in [2.75, 3.05) is 33.8 Å². The molecule has 1 aliphatic rings. The molecule has 0 aliphatic carbocycles. The van der Waals surface area contributed by atoms with Gasteiger partial charge in [0.05, 0.1) is 24.2 Å². The summed E-state index contributed by atoms with van der Waals surface area (Å²) in [5.41, 5.74) is 4.54. The number of carbonyl (C=O) groups is 2. The quantitative estimate of drug-likeness (QED) is 0.828. The maximum Gasteiger partial charge on any atom is 0.254 e. The lowest BCUT2D eigenvalue weighted by molar-refractivity contribution is -0.145. The lowest BCUT2D eigenvalue weighted by atomic mass is 10.00. The number of rotatable bonds is 2. The van der Waals surface area contributed by atoms with Crippen LogP contribution in [0.2, 0.25) is 0 Å². The Bertz CT molecular complexity index is 876. The Morgan fingerprint density at radius 1 is 1.23 bits per heavy atom. The van der Waals surface area contributed by atoms with Gasteiger partial charge in [-0.05, 0) is 38.0 Å². The normalized spacial score (nSPS) is 17.4. The second-order valence-corrected chi connectivity index (χ2v) is 7.06. The molecule has 6 heteroatoms. The molecule has 2 aromatic rings. The highest BCUT2D eigenvalue weighted by atomic mass is 16.5. The number of fused-ring (bicyclic) bond motifs is 1. The van der Waals surface area contributed by atoms with E-state index in [1.54, 1.807) is 19.0 Å². The van der Waals surface area contributed by atoms with Gasteiger partial charge in [-0.25, -0.2) is 0 Å². The van der Waals surface area contributed by atoms with E-state index in [1.807, 2.05) is 39.0 Å².